The van der Waals surface area contributed by atoms with Gasteiger partial charge in [-0.25, -0.2) is 26.3 Å². The third-order valence-corrected chi connectivity index (χ3v) is 3.59. The predicted octanol–water partition coefficient (Wildman–Crippen LogP) is 5.01. The molecular formula is C13H5BrF6. The van der Waals surface area contributed by atoms with Gasteiger partial charge in [-0.2, -0.15) is 0 Å². The third kappa shape index (κ3) is 2.54. The Morgan fingerprint density at radius 1 is 0.750 bits per heavy atom. The summed E-state index contributed by atoms with van der Waals surface area (Å²) in [4.78, 5) is -1.43. The van der Waals surface area contributed by atoms with Gasteiger partial charge in [0.2, 0.25) is 0 Å². The van der Waals surface area contributed by atoms with E-state index in [0.29, 0.717) is 18.2 Å². The Balaban J connectivity index is 2.58. The molecule has 2 aromatic rings. The minimum atomic E-state index is -1.75. The van der Waals surface area contributed by atoms with Gasteiger partial charge in [-0.05, 0) is 6.07 Å². The standard InChI is InChI=1S/C13H5BrF6/c14-11(6-1-2-7(16)13(20)12(6)19)10-8(17)3-5(15)4-9(10)18/h1-4,11H. The van der Waals surface area contributed by atoms with Crippen LogP contribution in [0.1, 0.15) is 16.0 Å². The lowest BCUT2D eigenvalue weighted by Crippen LogP contribution is -2.06. The summed E-state index contributed by atoms with van der Waals surface area (Å²) in [5.74, 6) is -8.44. The van der Waals surface area contributed by atoms with E-state index >= 15 is 0 Å². The number of halogens is 7. The second-order valence-corrected chi connectivity index (χ2v) is 4.83. The van der Waals surface area contributed by atoms with Crippen molar-refractivity contribution in [3.05, 3.63) is 70.3 Å². The van der Waals surface area contributed by atoms with Gasteiger partial charge < -0.3 is 0 Å². The lowest BCUT2D eigenvalue weighted by molar-refractivity contribution is 0.441. The van der Waals surface area contributed by atoms with E-state index in [1.54, 1.807) is 0 Å². The van der Waals surface area contributed by atoms with Crippen LogP contribution in [0.4, 0.5) is 26.3 Å². The summed E-state index contributed by atoms with van der Waals surface area (Å²) in [5, 5.41) is 0. The highest BCUT2D eigenvalue weighted by molar-refractivity contribution is 9.09. The third-order valence-electron chi connectivity index (χ3n) is 2.64. The molecule has 0 saturated carbocycles. The molecule has 1 atom stereocenters. The van der Waals surface area contributed by atoms with Crippen molar-refractivity contribution < 1.29 is 26.3 Å². The van der Waals surface area contributed by atoms with Gasteiger partial charge in [-0.3, -0.25) is 0 Å². The first-order valence-corrected chi connectivity index (χ1v) is 6.16. The highest BCUT2D eigenvalue weighted by Gasteiger charge is 2.25. The summed E-state index contributed by atoms with van der Waals surface area (Å²) in [7, 11) is 0. The van der Waals surface area contributed by atoms with E-state index in [1.165, 1.54) is 0 Å². The average Bonchev–Trinajstić information content (AvgIpc) is 2.34. The van der Waals surface area contributed by atoms with Crippen molar-refractivity contribution in [2.45, 2.75) is 4.83 Å². The van der Waals surface area contributed by atoms with Gasteiger partial charge >= 0.3 is 0 Å². The molecule has 0 fully saturated rings. The number of hydrogen-bond donors (Lipinski definition) is 0. The molecule has 0 N–H and O–H groups in total. The predicted molar refractivity (Wildman–Crippen MR) is 63.4 cm³/mol. The molecule has 0 radical (unpaired) electrons. The normalized spacial score (nSPS) is 12.6. The molecule has 0 spiro atoms. The molecule has 0 bridgehead atoms. The van der Waals surface area contributed by atoms with E-state index < -0.39 is 50.9 Å². The zero-order valence-electron chi connectivity index (χ0n) is 9.53. The van der Waals surface area contributed by atoms with Crippen molar-refractivity contribution >= 4 is 15.9 Å². The fraction of sp³-hybridized carbons (Fsp3) is 0.0769. The summed E-state index contributed by atoms with van der Waals surface area (Å²) < 4.78 is 79.4. The lowest BCUT2D eigenvalue weighted by atomic mass is 10.0. The van der Waals surface area contributed by atoms with E-state index in [4.69, 9.17) is 0 Å². The van der Waals surface area contributed by atoms with Crippen LogP contribution in [0.2, 0.25) is 0 Å². The molecule has 0 aliphatic carbocycles. The first kappa shape index (κ1) is 14.9. The molecule has 2 rings (SSSR count). The largest absolute Gasteiger partial charge is 0.207 e. The highest BCUT2D eigenvalue weighted by Crippen LogP contribution is 2.36. The molecule has 0 saturated heterocycles. The summed E-state index contributed by atoms with van der Waals surface area (Å²) in [5.41, 5.74) is -1.20. The Bertz CT molecular complexity index is 647. The summed E-state index contributed by atoms with van der Waals surface area (Å²) in [6.45, 7) is 0. The van der Waals surface area contributed by atoms with E-state index in [1.807, 2.05) is 0 Å². The van der Waals surface area contributed by atoms with E-state index in [2.05, 4.69) is 15.9 Å². The smallest absolute Gasteiger partial charge is 0.194 e. The van der Waals surface area contributed by atoms with Crippen LogP contribution in [0.5, 0.6) is 0 Å². The zero-order chi connectivity index (χ0) is 15.0. The maximum Gasteiger partial charge on any atom is 0.194 e. The summed E-state index contributed by atoms with van der Waals surface area (Å²) >= 11 is 2.80. The average molecular weight is 355 g/mol. The van der Waals surface area contributed by atoms with Crippen LogP contribution in [-0.2, 0) is 0 Å². The number of rotatable bonds is 2. The minimum absolute atomic E-state index is 0.407. The van der Waals surface area contributed by atoms with Crippen molar-refractivity contribution in [2.24, 2.45) is 0 Å². The minimum Gasteiger partial charge on any atom is -0.207 e. The van der Waals surface area contributed by atoms with Crippen LogP contribution in [0.3, 0.4) is 0 Å². The summed E-state index contributed by atoms with van der Waals surface area (Å²) in [6, 6.07) is 2.28. The molecule has 20 heavy (non-hydrogen) atoms. The van der Waals surface area contributed by atoms with Crippen molar-refractivity contribution in [1.29, 1.82) is 0 Å². The van der Waals surface area contributed by atoms with Gasteiger partial charge in [-0.1, -0.05) is 22.0 Å². The second kappa shape index (κ2) is 5.47. The SMILES string of the molecule is Fc1cc(F)c(C(Br)c2ccc(F)c(F)c2F)c(F)c1. The van der Waals surface area contributed by atoms with E-state index in [-0.39, 0.29) is 0 Å². The van der Waals surface area contributed by atoms with Crippen molar-refractivity contribution in [3.63, 3.8) is 0 Å². The van der Waals surface area contributed by atoms with E-state index in [0.717, 1.165) is 6.07 Å². The van der Waals surface area contributed by atoms with Gasteiger partial charge in [-0.15, -0.1) is 0 Å². The van der Waals surface area contributed by atoms with Crippen molar-refractivity contribution in [1.82, 2.24) is 0 Å². The van der Waals surface area contributed by atoms with Gasteiger partial charge in [0, 0.05) is 23.3 Å². The van der Waals surface area contributed by atoms with Gasteiger partial charge in [0.05, 0.1) is 4.83 Å². The lowest BCUT2D eigenvalue weighted by Gasteiger charge is -2.14. The molecule has 2 aromatic carbocycles. The van der Waals surface area contributed by atoms with Crippen molar-refractivity contribution in [3.8, 4) is 0 Å². The van der Waals surface area contributed by atoms with Crippen molar-refractivity contribution in [2.75, 3.05) is 0 Å². The quantitative estimate of drug-likeness (QED) is 0.404. The van der Waals surface area contributed by atoms with Crippen LogP contribution >= 0.6 is 15.9 Å². The maximum atomic E-state index is 13.6. The number of hydrogen-bond acceptors (Lipinski definition) is 0. The van der Waals surface area contributed by atoms with Gasteiger partial charge in [0.15, 0.2) is 17.5 Å². The molecule has 0 amide bonds. The Kier molecular flexibility index (Phi) is 4.08. The summed E-state index contributed by atoms with van der Waals surface area (Å²) in [6.07, 6.45) is 0. The molecule has 0 aliphatic rings. The topological polar surface area (TPSA) is 0 Å². The molecule has 0 aromatic heterocycles. The highest BCUT2D eigenvalue weighted by atomic mass is 79.9. The molecule has 0 aliphatic heterocycles. The number of benzene rings is 2. The number of alkyl halides is 1. The molecule has 106 valence electrons. The fourth-order valence-electron chi connectivity index (χ4n) is 1.69. The van der Waals surface area contributed by atoms with Crippen LogP contribution in [0.25, 0.3) is 0 Å². The fourth-order valence-corrected chi connectivity index (χ4v) is 2.48. The molecule has 1 unspecified atom stereocenters. The second-order valence-electron chi connectivity index (χ2n) is 3.91. The first-order chi connectivity index (χ1) is 9.32. The Morgan fingerprint density at radius 2 is 1.30 bits per heavy atom. The zero-order valence-corrected chi connectivity index (χ0v) is 11.1. The maximum absolute atomic E-state index is 13.6. The molecule has 0 nitrogen and oxygen atoms in total. The van der Waals surface area contributed by atoms with E-state index in [9.17, 15) is 26.3 Å². The Labute approximate surface area is 118 Å². The molecule has 7 heteroatoms. The van der Waals surface area contributed by atoms with Crippen LogP contribution in [-0.4, -0.2) is 0 Å². The molecular weight excluding hydrogens is 350 g/mol. The van der Waals surface area contributed by atoms with Gasteiger partial charge in [0.1, 0.15) is 17.5 Å². The monoisotopic (exact) mass is 354 g/mol. The van der Waals surface area contributed by atoms with Crippen LogP contribution in [0, 0.1) is 34.9 Å². The first-order valence-electron chi connectivity index (χ1n) is 5.24. The Morgan fingerprint density at radius 3 is 1.85 bits per heavy atom. The Hall–Kier alpha value is -1.50. The van der Waals surface area contributed by atoms with Crippen LogP contribution in [0.15, 0.2) is 24.3 Å². The molecule has 0 heterocycles. The van der Waals surface area contributed by atoms with Gasteiger partial charge in [0.25, 0.3) is 0 Å². The van der Waals surface area contributed by atoms with Crippen LogP contribution < -0.4 is 0 Å².